The molecule has 1 aliphatic carbocycles. The molecule has 1 unspecified atom stereocenters. The number of hydrogen-bond donors (Lipinski definition) is 3. The summed E-state index contributed by atoms with van der Waals surface area (Å²) in [7, 11) is 0. The SMILES string of the molecule is NC(CC1(CN2CCC(CCO)C2)CC1)=NO. The van der Waals surface area contributed by atoms with Crippen molar-refractivity contribution in [3.8, 4) is 0 Å². The van der Waals surface area contributed by atoms with Gasteiger partial charge >= 0.3 is 0 Å². The molecule has 4 N–H and O–H groups in total. The summed E-state index contributed by atoms with van der Waals surface area (Å²) in [6, 6.07) is 0. The first-order valence-corrected chi connectivity index (χ1v) is 6.47. The Kier molecular flexibility index (Phi) is 3.89. The van der Waals surface area contributed by atoms with E-state index >= 15 is 0 Å². The third kappa shape index (κ3) is 3.33. The second kappa shape index (κ2) is 5.23. The van der Waals surface area contributed by atoms with Crippen LogP contribution >= 0.6 is 0 Å². The molecular weight excluding hydrogens is 218 g/mol. The van der Waals surface area contributed by atoms with E-state index in [0.717, 1.165) is 26.1 Å². The van der Waals surface area contributed by atoms with Gasteiger partial charge in [0, 0.05) is 26.1 Å². The molecule has 0 spiro atoms. The molecule has 2 fully saturated rings. The highest BCUT2D eigenvalue weighted by atomic mass is 16.4. The van der Waals surface area contributed by atoms with Gasteiger partial charge < -0.3 is 20.9 Å². The molecule has 1 atom stereocenters. The molecule has 0 amide bonds. The van der Waals surface area contributed by atoms with E-state index in [4.69, 9.17) is 16.0 Å². The number of oxime groups is 1. The molecule has 0 bridgehead atoms. The van der Waals surface area contributed by atoms with E-state index in [1.54, 1.807) is 0 Å². The Balaban J connectivity index is 1.78. The fourth-order valence-corrected chi connectivity index (χ4v) is 2.94. The highest BCUT2D eigenvalue weighted by Crippen LogP contribution is 2.49. The minimum absolute atomic E-state index is 0.268. The normalized spacial score (nSPS) is 28.5. The van der Waals surface area contributed by atoms with Crippen LogP contribution in [0.4, 0.5) is 0 Å². The van der Waals surface area contributed by atoms with E-state index in [-0.39, 0.29) is 5.41 Å². The lowest BCUT2D eigenvalue weighted by Gasteiger charge is -2.23. The molecule has 5 heteroatoms. The average Bonchev–Trinajstić information content (AvgIpc) is 2.90. The Labute approximate surface area is 102 Å². The van der Waals surface area contributed by atoms with E-state index in [9.17, 15) is 0 Å². The quantitative estimate of drug-likeness (QED) is 0.275. The minimum atomic E-state index is 0.268. The van der Waals surface area contributed by atoms with Crippen LogP contribution in [0.1, 0.15) is 32.1 Å². The fourth-order valence-electron chi connectivity index (χ4n) is 2.94. The van der Waals surface area contributed by atoms with Crippen LogP contribution in [-0.4, -0.2) is 47.3 Å². The number of hydrogen-bond acceptors (Lipinski definition) is 4. The molecule has 0 aromatic rings. The van der Waals surface area contributed by atoms with Crippen molar-refractivity contribution in [1.29, 1.82) is 0 Å². The summed E-state index contributed by atoms with van der Waals surface area (Å²) >= 11 is 0. The smallest absolute Gasteiger partial charge is 0.139 e. The average molecular weight is 241 g/mol. The van der Waals surface area contributed by atoms with Crippen LogP contribution in [0.2, 0.25) is 0 Å². The number of nitrogens with two attached hydrogens (primary N) is 1. The van der Waals surface area contributed by atoms with Crippen molar-refractivity contribution in [1.82, 2.24) is 4.90 Å². The van der Waals surface area contributed by atoms with E-state index in [0.29, 0.717) is 24.8 Å². The molecule has 98 valence electrons. The van der Waals surface area contributed by atoms with Crippen LogP contribution < -0.4 is 5.73 Å². The van der Waals surface area contributed by atoms with Crippen LogP contribution in [0, 0.1) is 11.3 Å². The highest BCUT2D eigenvalue weighted by Gasteiger charge is 2.45. The van der Waals surface area contributed by atoms with Crippen LogP contribution in [0.3, 0.4) is 0 Å². The van der Waals surface area contributed by atoms with Gasteiger partial charge in [-0.05, 0) is 43.6 Å². The molecule has 1 heterocycles. The maximum absolute atomic E-state index is 8.93. The number of rotatable bonds is 6. The topological polar surface area (TPSA) is 82.1 Å². The van der Waals surface area contributed by atoms with Crippen molar-refractivity contribution in [3.63, 3.8) is 0 Å². The molecular formula is C12H23N3O2. The highest BCUT2D eigenvalue weighted by molar-refractivity contribution is 5.80. The lowest BCUT2D eigenvalue weighted by molar-refractivity contribution is 0.233. The Morgan fingerprint density at radius 3 is 2.82 bits per heavy atom. The van der Waals surface area contributed by atoms with Crippen molar-refractivity contribution < 1.29 is 10.3 Å². The third-order valence-corrected chi connectivity index (χ3v) is 4.11. The first kappa shape index (κ1) is 12.6. The maximum atomic E-state index is 8.93. The summed E-state index contributed by atoms with van der Waals surface area (Å²) in [5.41, 5.74) is 5.87. The summed E-state index contributed by atoms with van der Waals surface area (Å²) in [5, 5.41) is 20.6. The molecule has 17 heavy (non-hydrogen) atoms. The predicted molar refractivity (Wildman–Crippen MR) is 65.9 cm³/mol. The summed E-state index contributed by atoms with van der Waals surface area (Å²) in [5.74, 6) is 1.01. The molecule has 0 aromatic heterocycles. The molecule has 5 nitrogen and oxygen atoms in total. The van der Waals surface area contributed by atoms with Crippen LogP contribution in [0.25, 0.3) is 0 Å². The monoisotopic (exact) mass is 241 g/mol. The van der Waals surface area contributed by atoms with Gasteiger partial charge in [-0.25, -0.2) is 0 Å². The standard InChI is InChI=1S/C12H23N3O2/c13-11(14-17)7-12(3-4-12)9-15-5-1-10(8-15)2-6-16/h10,16-17H,1-9H2,(H2,13,14). The predicted octanol–water partition coefficient (Wildman–Crippen LogP) is 0.607. The van der Waals surface area contributed by atoms with E-state index in [2.05, 4.69) is 10.1 Å². The number of aliphatic hydroxyl groups excluding tert-OH is 1. The Morgan fingerprint density at radius 2 is 2.24 bits per heavy atom. The second-order valence-electron chi connectivity index (χ2n) is 5.67. The molecule has 1 aliphatic heterocycles. The Bertz CT molecular complexity index is 289. The molecule has 2 rings (SSSR count). The summed E-state index contributed by atoms with van der Waals surface area (Å²) in [4.78, 5) is 2.47. The van der Waals surface area contributed by atoms with Gasteiger partial charge in [-0.3, -0.25) is 0 Å². The van der Waals surface area contributed by atoms with Gasteiger partial charge in [0.2, 0.25) is 0 Å². The van der Waals surface area contributed by atoms with Crippen LogP contribution in [-0.2, 0) is 0 Å². The van der Waals surface area contributed by atoms with Crippen molar-refractivity contribution in [2.24, 2.45) is 22.2 Å². The molecule has 1 saturated heterocycles. The molecule has 1 saturated carbocycles. The number of nitrogens with zero attached hydrogens (tertiary/aromatic N) is 2. The molecule has 0 radical (unpaired) electrons. The zero-order valence-corrected chi connectivity index (χ0v) is 10.3. The first-order valence-electron chi connectivity index (χ1n) is 6.47. The van der Waals surface area contributed by atoms with Gasteiger partial charge in [-0.2, -0.15) is 0 Å². The van der Waals surface area contributed by atoms with Gasteiger partial charge in [-0.15, -0.1) is 0 Å². The van der Waals surface area contributed by atoms with Crippen molar-refractivity contribution in [3.05, 3.63) is 0 Å². The van der Waals surface area contributed by atoms with E-state index < -0.39 is 0 Å². The van der Waals surface area contributed by atoms with Gasteiger partial charge in [0.15, 0.2) is 0 Å². The number of likely N-dealkylation sites (tertiary alicyclic amines) is 1. The number of aliphatic hydroxyl groups is 1. The lowest BCUT2D eigenvalue weighted by atomic mass is 10.0. The Morgan fingerprint density at radius 1 is 1.47 bits per heavy atom. The summed E-state index contributed by atoms with van der Waals surface area (Å²) < 4.78 is 0. The largest absolute Gasteiger partial charge is 0.409 e. The summed E-state index contributed by atoms with van der Waals surface area (Å²) in [6.45, 7) is 3.58. The van der Waals surface area contributed by atoms with Crippen LogP contribution in [0.15, 0.2) is 5.16 Å². The number of amidine groups is 1. The second-order valence-corrected chi connectivity index (χ2v) is 5.67. The fraction of sp³-hybridized carbons (Fsp3) is 0.917. The van der Waals surface area contributed by atoms with Gasteiger partial charge in [-0.1, -0.05) is 5.16 Å². The minimum Gasteiger partial charge on any atom is -0.409 e. The van der Waals surface area contributed by atoms with Crippen molar-refractivity contribution >= 4 is 5.84 Å². The zero-order chi connectivity index (χ0) is 12.3. The van der Waals surface area contributed by atoms with Crippen molar-refractivity contribution in [2.45, 2.75) is 32.1 Å². The lowest BCUT2D eigenvalue weighted by Crippen LogP contribution is -2.31. The van der Waals surface area contributed by atoms with Crippen LogP contribution in [0.5, 0.6) is 0 Å². The molecule has 2 aliphatic rings. The van der Waals surface area contributed by atoms with E-state index in [1.807, 2.05) is 0 Å². The van der Waals surface area contributed by atoms with E-state index in [1.165, 1.54) is 19.3 Å². The maximum Gasteiger partial charge on any atom is 0.139 e. The van der Waals surface area contributed by atoms with Crippen molar-refractivity contribution in [2.75, 3.05) is 26.2 Å². The summed E-state index contributed by atoms with van der Waals surface area (Å²) in [6.07, 6.45) is 5.20. The Hall–Kier alpha value is -0.810. The molecule has 0 aromatic carbocycles. The zero-order valence-electron chi connectivity index (χ0n) is 10.3. The third-order valence-electron chi connectivity index (χ3n) is 4.11. The van der Waals surface area contributed by atoms with Gasteiger partial charge in [0.05, 0.1) is 0 Å². The van der Waals surface area contributed by atoms with Gasteiger partial charge in [0.25, 0.3) is 0 Å². The first-order chi connectivity index (χ1) is 8.17. The van der Waals surface area contributed by atoms with Gasteiger partial charge in [0.1, 0.15) is 5.84 Å².